The van der Waals surface area contributed by atoms with Crippen LogP contribution >= 0.6 is 19.1 Å². The van der Waals surface area contributed by atoms with Crippen LogP contribution in [0.5, 0.6) is 0 Å². The van der Waals surface area contributed by atoms with Gasteiger partial charge in [0.05, 0.1) is 0 Å². The van der Waals surface area contributed by atoms with Gasteiger partial charge in [0.15, 0.2) is 0 Å². The summed E-state index contributed by atoms with van der Waals surface area (Å²) in [4.78, 5) is 0. The van der Waals surface area contributed by atoms with E-state index in [1.165, 1.54) is 0 Å². The molecule has 4 radical (unpaired) electrons. The first-order chi connectivity index (χ1) is 1.41. The average Bonchev–Trinajstić information content (AvgIpc) is 0.918. The molecule has 0 nitrogen and oxygen atoms in total. The third-order valence-electron chi connectivity index (χ3n) is 0. The molecule has 0 amide bonds. The van der Waals surface area contributed by atoms with Gasteiger partial charge in [-0.15, -0.1) is 0 Å². The molecule has 0 aromatic rings. The molecule has 0 spiro atoms. The first-order valence-corrected chi connectivity index (χ1v) is 4.24. The van der Waals surface area contributed by atoms with Gasteiger partial charge in [0.1, 0.15) is 0 Å². The Hall–Kier alpha value is 1.24. The van der Waals surface area contributed by atoms with E-state index in [1.807, 2.05) is 0 Å². The van der Waals surface area contributed by atoms with Gasteiger partial charge in [0, 0.05) is 7.43 Å². The van der Waals surface area contributed by atoms with Crippen LogP contribution in [0.25, 0.3) is 0 Å². The van der Waals surface area contributed by atoms with Crippen molar-refractivity contribution in [1.29, 1.82) is 0 Å². The summed E-state index contributed by atoms with van der Waals surface area (Å²) in [5.41, 5.74) is 0. The van der Waals surface area contributed by atoms with E-state index < -0.39 is 0 Å². The second-order valence-corrected chi connectivity index (χ2v) is 2.41. The second-order valence-electron chi connectivity index (χ2n) is 0.0452. The zero-order valence-electron chi connectivity index (χ0n) is 1.57. The fourth-order valence-corrected chi connectivity index (χ4v) is 0. The SMILES string of the molecule is [C].[Cl][Pd][Cl]. The van der Waals surface area contributed by atoms with E-state index in [9.17, 15) is 0 Å². The van der Waals surface area contributed by atoms with Crippen molar-refractivity contribution < 1.29 is 15.9 Å². The summed E-state index contributed by atoms with van der Waals surface area (Å²) in [7, 11) is 9.63. The Kier molecular flexibility index (Phi) is 19.9. The Balaban J connectivity index is 0. The van der Waals surface area contributed by atoms with E-state index in [0.29, 0.717) is 0 Å². The molecule has 0 aliphatic carbocycles. The van der Waals surface area contributed by atoms with Crippen molar-refractivity contribution in [1.82, 2.24) is 0 Å². The molecule has 4 heavy (non-hydrogen) atoms. The Morgan fingerprint density at radius 3 is 1.25 bits per heavy atom. The van der Waals surface area contributed by atoms with Crippen LogP contribution in [-0.2, 0) is 15.9 Å². The summed E-state index contributed by atoms with van der Waals surface area (Å²) < 4.78 is 0. The van der Waals surface area contributed by atoms with E-state index in [4.69, 9.17) is 19.1 Å². The molecule has 0 unspecified atom stereocenters. The standard InChI is InChI=1S/C.2ClH.Pd/h;2*1H;/q;;;+2/p-2. The molecule has 0 bridgehead atoms. The van der Waals surface area contributed by atoms with Crippen molar-refractivity contribution in [3.05, 3.63) is 7.43 Å². The third kappa shape index (κ3) is 10.6. The zero-order chi connectivity index (χ0) is 2.71. The predicted octanol–water partition coefficient (Wildman–Crippen LogP) is 1.46. The Bertz CT molecular complexity index is 6.00. The van der Waals surface area contributed by atoms with E-state index in [2.05, 4.69) is 0 Å². The van der Waals surface area contributed by atoms with Crippen molar-refractivity contribution in [3.63, 3.8) is 0 Å². The van der Waals surface area contributed by atoms with Crippen molar-refractivity contribution in [2.24, 2.45) is 0 Å². The van der Waals surface area contributed by atoms with Gasteiger partial charge in [-0.25, -0.2) is 0 Å². The van der Waals surface area contributed by atoms with Crippen LogP contribution in [0.1, 0.15) is 0 Å². The fraction of sp³-hybridized carbons (Fsp3) is 0. The van der Waals surface area contributed by atoms with E-state index >= 15 is 0 Å². The van der Waals surface area contributed by atoms with Crippen LogP contribution in [0.2, 0.25) is 0 Å². The summed E-state index contributed by atoms with van der Waals surface area (Å²) in [6, 6.07) is 0. The molecule has 0 aromatic carbocycles. The van der Waals surface area contributed by atoms with Crippen LogP contribution in [0.4, 0.5) is 0 Å². The number of rotatable bonds is 0. The normalized spacial score (nSPS) is 5.50. The van der Waals surface area contributed by atoms with Crippen LogP contribution in [0.3, 0.4) is 0 Å². The Morgan fingerprint density at radius 1 is 1.25 bits per heavy atom. The van der Waals surface area contributed by atoms with Crippen LogP contribution in [0.15, 0.2) is 0 Å². The summed E-state index contributed by atoms with van der Waals surface area (Å²) in [6.07, 6.45) is 0. The molecule has 0 saturated carbocycles. The van der Waals surface area contributed by atoms with E-state index in [0.717, 1.165) is 0 Å². The predicted molar refractivity (Wildman–Crippen MR) is 14.9 cm³/mol. The molecule has 0 fully saturated rings. The van der Waals surface area contributed by atoms with Crippen LogP contribution in [0, 0.1) is 7.43 Å². The average molecular weight is 189 g/mol. The maximum atomic E-state index is 4.81. The molecule has 0 heterocycles. The van der Waals surface area contributed by atoms with Crippen molar-refractivity contribution >= 4 is 19.1 Å². The number of hydrogen-bond donors (Lipinski definition) is 0. The topological polar surface area (TPSA) is 0 Å². The summed E-state index contributed by atoms with van der Waals surface area (Å²) in [5.74, 6) is 0. The molecule has 0 aromatic heterocycles. The van der Waals surface area contributed by atoms with Crippen molar-refractivity contribution in [2.75, 3.05) is 0 Å². The molecule has 0 atom stereocenters. The number of halogens is 2. The molecule has 28 valence electrons. The summed E-state index contributed by atoms with van der Waals surface area (Å²) in [6.45, 7) is 0. The minimum atomic E-state index is -0.106. The molecular formula is CCl2Pd. The Labute approximate surface area is 42.6 Å². The third-order valence-corrected chi connectivity index (χ3v) is 0. The van der Waals surface area contributed by atoms with Gasteiger partial charge in [0.2, 0.25) is 0 Å². The summed E-state index contributed by atoms with van der Waals surface area (Å²) >= 11 is -0.106. The summed E-state index contributed by atoms with van der Waals surface area (Å²) in [5, 5.41) is 0. The number of hydrogen-bond acceptors (Lipinski definition) is 0. The van der Waals surface area contributed by atoms with Gasteiger partial charge in [0.25, 0.3) is 0 Å². The first kappa shape index (κ1) is 8.97. The van der Waals surface area contributed by atoms with Gasteiger partial charge in [-0.3, -0.25) is 0 Å². The maximum absolute atomic E-state index is 4.81. The Morgan fingerprint density at radius 2 is 1.25 bits per heavy atom. The quantitative estimate of drug-likeness (QED) is 0.506. The van der Waals surface area contributed by atoms with Crippen molar-refractivity contribution in [2.45, 2.75) is 0 Å². The van der Waals surface area contributed by atoms with Crippen LogP contribution < -0.4 is 0 Å². The first-order valence-electron chi connectivity index (χ1n) is 0.239. The van der Waals surface area contributed by atoms with Gasteiger partial charge < -0.3 is 0 Å². The van der Waals surface area contributed by atoms with Crippen LogP contribution in [-0.4, -0.2) is 0 Å². The van der Waals surface area contributed by atoms with Crippen molar-refractivity contribution in [3.8, 4) is 0 Å². The molecule has 0 aliphatic rings. The van der Waals surface area contributed by atoms with Gasteiger partial charge in [-0.1, -0.05) is 0 Å². The molecular weight excluding hydrogens is 189 g/mol. The fourth-order valence-electron chi connectivity index (χ4n) is 0. The monoisotopic (exact) mass is 188 g/mol. The molecule has 0 saturated heterocycles. The van der Waals surface area contributed by atoms with E-state index in [1.54, 1.807) is 0 Å². The van der Waals surface area contributed by atoms with Gasteiger partial charge in [-0.2, -0.15) is 0 Å². The molecule has 0 aliphatic heterocycles. The zero-order valence-corrected chi connectivity index (χ0v) is 4.64. The van der Waals surface area contributed by atoms with Gasteiger partial charge in [-0.05, 0) is 0 Å². The molecule has 3 heteroatoms. The minimum absolute atomic E-state index is 0. The van der Waals surface area contributed by atoms with Gasteiger partial charge >= 0.3 is 35.0 Å². The molecule has 0 N–H and O–H groups in total. The second kappa shape index (κ2) is 8.87. The molecule has 0 rings (SSSR count). The van der Waals surface area contributed by atoms with E-state index in [-0.39, 0.29) is 23.4 Å².